The lowest BCUT2D eigenvalue weighted by Crippen LogP contribution is -2.67. The predicted octanol–water partition coefficient (Wildman–Crippen LogP) is 0.449. The van der Waals surface area contributed by atoms with Gasteiger partial charge in [0, 0.05) is 5.41 Å². The summed E-state index contributed by atoms with van der Waals surface area (Å²) in [5, 5.41) is 3.93. The minimum absolute atomic E-state index is 0.0174. The summed E-state index contributed by atoms with van der Waals surface area (Å²) in [5.41, 5.74) is 0. The lowest BCUT2D eigenvalue weighted by Gasteiger charge is -2.42. The summed E-state index contributed by atoms with van der Waals surface area (Å²) >= 11 is 0. The van der Waals surface area contributed by atoms with E-state index in [4.69, 9.17) is 0 Å². The van der Waals surface area contributed by atoms with Gasteiger partial charge >= 0.3 is 0 Å². The normalized spacial score (nSPS) is 33.1. The Labute approximate surface area is 125 Å². The topological polar surface area (TPSA) is 83.6 Å². The van der Waals surface area contributed by atoms with Crippen LogP contribution in [0.2, 0.25) is 0 Å². The van der Waals surface area contributed by atoms with E-state index in [-0.39, 0.29) is 23.5 Å². The van der Waals surface area contributed by atoms with Crippen LogP contribution in [0.5, 0.6) is 0 Å². The Morgan fingerprint density at radius 2 is 2.05 bits per heavy atom. The van der Waals surface area contributed by atoms with Crippen LogP contribution < -0.4 is 5.32 Å². The first-order valence-electron chi connectivity index (χ1n) is 7.34. The number of sulfone groups is 1. The van der Waals surface area contributed by atoms with Gasteiger partial charge in [0.15, 0.2) is 9.84 Å². The fraction of sp³-hybridized carbons (Fsp3) is 0.714. The molecule has 4 unspecified atom stereocenters. The van der Waals surface area contributed by atoms with Gasteiger partial charge in [-0.25, -0.2) is 8.42 Å². The molecule has 6 nitrogen and oxygen atoms in total. The molecule has 0 radical (unpaired) electrons. The number of hydrogen-bond donors (Lipinski definition) is 1. The van der Waals surface area contributed by atoms with Crippen LogP contribution in [0, 0.1) is 5.92 Å². The number of amides is 2. The molecule has 0 spiro atoms. The second-order valence-corrected chi connectivity index (χ2v) is 7.70. The number of nitrogens with zero attached hydrogens (tertiary/aromatic N) is 1. The minimum atomic E-state index is -3.27. The zero-order valence-electron chi connectivity index (χ0n) is 12.6. The zero-order chi connectivity index (χ0) is 15.8. The number of nitrogens with one attached hydrogen (secondary N) is 1. The molecular weight excluding hydrogens is 292 g/mol. The van der Waals surface area contributed by atoms with Crippen molar-refractivity contribution in [2.24, 2.45) is 5.92 Å². The van der Waals surface area contributed by atoms with E-state index in [0.29, 0.717) is 6.42 Å². The van der Waals surface area contributed by atoms with Gasteiger partial charge in [-0.05, 0) is 18.4 Å². The molecule has 4 atom stereocenters. The average Bonchev–Trinajstić information content (AvgIpc) is 2.79. The third kappa shape index (κ3) is 2.97. The van der Waals surface area contributed by atoms with Crippen molar-refractivity contribution in [3.8, 4) is 0 Å². The maximum absolute atomic E-state index is 12.7. The summed E-state index contributed by atoms with van der Waals surface area (Å²) < 4.78 is 23.2. The first kappa shape index (κ1) is 16.0. The maximum Gasteiger partial charge on any atom is 0.246 e. The lowest BCUT2D eigenvalue weighted by atomic mass is 9.92. The van der Waals surface area contributed by atoms with Crippen molar-refractivity contribution in [2.75, 3.05) is 5.75 Å². The van der Waals surface area contributed by atoms with Crippen molar-refractivity contribution in [3.63, 3.8) is 0 Å². The molecule has 21 heavy (non-hydrogen) atoms. The van der Waals surface area contributed by atoms with Gasteiger partial charge in [0.25, 0.3) is 0 Å². The van der Waals surface area contributed by atoms with Gasteiger partial charge < -0.3 is 10.2 Å². The van der Waals surface area contributed by atoms with Crippen LogP contribution in [0.3, 0.4) is 0 Å². The Bertz CT molecular complexity index is 570. The second kappa shape index (κ2) is 5.79. The van der Waals surface area contributed by atoms with Crippen molar-refractivity contribution in [1.82, 2.24) is 10.2 Å². The molecule has 2 amide bonds. The Morgan fingerprint density at radius 3 is 2.52 bits per heavy atom. The van der Waals surface area contributed by atoms with E-state index < -0.39 is 28.0 Å². The van der Waals surface area contributed by atoms with Gasteiger partial charge in [0.05, 0.1) is 11.8 Å². The quantitative estimate of drug-likeness (QED) is 0.816. The van der Waals surface area contributed by atoms with Crippen LogP contribution in [-0.4, -0.2) is 49.0 Å². The summed E-state index contributed by atoms with van der Waals surface area (Å²) in [4.78, 5) is 26.4. The summed E-state index contributed by atoms with van der Waals surface area (Å²) in [7, 11) is -3.27. The van der Waals surface area contributed by atoms with Crippen LogP contribution in [0.4, 0.5) is 0 Å². The van der Waals surface area contributed by atoms with Crippen LogP contribution in [0.1, 0.15) is 33.6 Å². The third-order valence-electron chi connectivity index (χ3n) is 4.32. The fourth-order valence-corrected chi connectivity index (χ4v) is 4.16. The number of carbonyl (C=O) groups excluding carboxylic acids is 2. The number of piperazine rings is 1. The number of hydrogen-bond acceptors (Lipinski definition) is 4. The first-order valence-corrected chi connectivity index (χ1v) is 9.05. The second-order valence-electron chi connectivity index (χ2n) is 5.77. The molecule has 2 heterocycles. The molecule has 0 saturated carbocycles. The minimum Gasteiger partial charge on any atom is -0.342 e. The predicted molar refractivity (Wildman–Crippen MR) is 79.0 cm³/mol. The molecule has 2 aliphatic heterocycles. The first-order chi connectivity index (χ1) is 9.80. The molecule has 7 heteroatoms. The average molecular weight is 314 g/mol. The highest BCUT2D eigenvalue weighted by Gasteiger charge is 2.45. The summed E-state index contributed by atoms with van der Waals surface area (Å²) in [6.45, 7) is 5.69. The SMILES string of the molecule is CCC(C)C1NC(=O)C(CC)N(C2C=CS(=O)(=O)C2)C1=O. The summed E-state index contributed by atoms with van der Waals surface area (Å²) in [5.74, 6) is -0.484. The van der Waals surface area contributed by atoms with E-state index in [2.05, 4.69) is 5.32 Å². The molecule has 2 aliphatic rings. The zero-order valence-corrected chi connectivity index (χ0v) is 13.4. The molecule has 1 N–H and O–H groups in total. The van der Waals surface area contributed by atoms with Gasteiger partial charge in [-0.1, -0.05) is 27.2 Å². The Morgan fingerprint density at radius 1 is 1.38 bits per heavy atom. The van der Waals surface area contributed by atoms with Crippen LogP contribution in [0.15, 0.2) is 11.5 Å². The van der Waals surface area contributed by atoms with Gasteiger partial charge in [-0.2, -0.15) is 0 Å². The summed E-state index contributed by atoms with van der Waals surface area (Å²) in [6.07, 6.45) is 2.75. The molecule has 0 aromatic rings. The Balaban J connectivity index is 2.32. The lowest BCUT2D eigenvalue weighted by molar-refractivity contribution is -0.152. The van der Waals surface area contributed by atoms with Gasteiger partial charge in [0.1, 0.15) is 12.1 Å². The largest absolute Gasteiger partial charge is 0.342 e. The molecule has 0 aliphatic carbocycles. The molecule has 1 saturated heterocycles. The van der Waals surface area contributed by atoms with E-state index in [9.17, 15) is 18.0 Å². The molecule has 1 fully saturated rings. The third-order valence-corrected chi connectivity index (χ3v) is 5.70. The van der Waals surface area contributed by atoms with E-state index in [0.717, 1.165) is 11.8 Å². The highest BCUT2D eigenvalue weighted by molar-refractivity contribution is 7.94. The van der Waals surface area contributed by atoms with Crippen molar-refractivity contribution >= 4 is 21.7 Å². The van der Waals surface area contributed by atoms with E-state index >= 15 is 0 Å². The summed E-state index contributed by atoms with van der Waals surface area (Å²) in [6, 6.07) is -1.70. The van der Waals surface area contributed by atoms with Gasteiger partial charge in [0.2, 0.25) is 11.8 Å². The standard InChI is InChI=1S/C14H22N2O4S/c1-4-9(3)12-14(18)16(11(5-2)13(17)15-12)10-6-7-21(19,20)8-10/h6-7,9-12H,4-5,8H2,1-3H3,(H,15,17). The van der Waals surface area contributed by atoms with E-state index in [1.54, 1.807) is 0 Å². The molecule has 2 rings (SSSR count). The fourth-order valence-electron chi connectivity index (χ4n) is 2.88. The van der Waals surface area contributed by atoms with Crippen LogP contribution >= 0.6 is 0 Å². The smallest absolute Gasteiger partial charge is 0.246 e. The number of rotatable bonds is 4. The van der Waals surface area contributed by atoms with Crippen LogP contribution in [0.25, 0.3) is 0 Å². The van der Waals surface area contributed by atoms with Crippen molar-refractivity contribution in [1.29, 1.82) is 0 Å². The van der Waals surface area contributed by atoms with E-state index in [1.165, 1.54) is 11.0 Å². The molecule has 0 bridgehead atoms. The Hall–Kier alpha value is -1.37. The number of carbonyl (C=O) groups is 2. The highest BCUT2D eigenvalue weighted by atomic mass is 32.2. The van der Waals surface area contributed by atoms with Crippen molar-refractivity contribution in [2.45, 2.75) is 51.7 Å². The highest BCUT2D eigenvalue weighted by Crippen LogP contribution is 2.25. The van der Waals surface area contributed by atoms with Crippen molar-refractivity contribution < 1.29 is 18.0 Å². The Kier molecular flexibility index (Phi) is 4.41. The van der Waals surface area contributed by atoms with Gasteiger partial charge in [-0.3, -0.25) is 9.59 Å². The molecule has 118 valence electrons. The molecular formula is C14H22N2O4S. The van der Waals surface area contributed by atoms with Crippen molar-refractivity contribution in [3.05, 3.63) is 11.5 Å². The maximum atomic E-state index is 12.7. The van der Waals surface area contributed by atoms with Gasteiger partial charge in [-0.15, -0.1) is 0 Å². The molecule has 0 aromatic carbocycles. The van der Waals surface area contributed by atoms with Crippen LogP contribution in [-0.2, 0) is 19.4 Å². The van der Waals surface area contributed by atoms with E-state index in [1.807, 2.05) is 20.8 Å². The monoisotopic (exact) mass is 314 g/mol. The molecule has 0 aromatic heterocycles.